The van der Waals surface area contributed by atoms with Crippen LogP contribution in [0.5, 0.6) is 0 Å². The molecule has 1 aliphatic carbocycles. The fourth-order valence-electron chi connectivity index (χ4n) is 3.21. The van der Waals surface area contributed by atoms with Crippen molar-refractivity contribution in [3.05, 3.63) is 28.8 Å². The Morgan fingerprint density at radius 3 is 2.43 bits per heavy atom. The van der Waals surface area contributed by atoms with E-state index in [4.69, 9.17) is 11.6 Å². The van der Waals surface area contributed by atoms with Crippen LogP contribution >= 0.6 is 11.6 Å². The highest BCUT2D eigenvalue weighted by molar-refractivity contribution is 6.31. The highest BCUT2D eigenvalue weighted by Crippen LogP contribution is 2.33. The molecule has 1 aromatic rings. The second kappa shape index (κ2) is 6.69. The Balaban J connectivity index is 2.29. The number of halogens is 1. The van der Waals surface area contributed by atoms with Crippen molar-refractivity contribution in [3.63, 3.8) is 0 Å². The Morgan fingerprint density at radius 2 is 1.86 bits per heavy atom. The molecule has 4 heteroatoms. The SMILES string of the molecule is CC1CCCC(C)C1Nc1cc(Cl)ccc1C(=O)N(C)C. The van der Waals surface area contributed by atoms with Gasteiger partial charge in [0.15, 0.2) is 0 Å². The van der Waals surface area contributed by atoms with Crippen molar-refractivity contribution in [2.45, 2.75) is 39.2 Å². The number of rotatable bonds is 3. The number of anilines is 1. The van der Waals surface area contributed by atoms with Gasteiger partial charge in [-0.15, -0.1) is 0 Å². The minimum absolute atomic E-state index is 0.00489. The first-order valence-corrected chi connectivity index (χ1v) is 8.05. The zero-order valence-electron chi connectivity index (χ0n) is 13.3. The van der Waals surface area contributed by atoms with E-state index in [0.717, 1.165) is 5.69 Å². The maximum absolute atomic E-state index is 12.3. The summed E-state index contributed by atoms with van der Waals surface area (Å²) in [6.45, 7) is 4.57. The number of hydrogen-bond donors (Lipinski definition) is 1. The fourth-order valence-corrected chi connectivity index (χ4v) is 3.38. The van der Waals surface area contributed by atoms with E-state index in [9.17, 15) is 4.79 Å². The standard InChI is InChI=1S/C17H25ClN2O/c1-11-6-5-7-12(2)16(11)19-15-10-13(18)8-9-14(15)17(21)20(3)4/h8-12,16,19H,5-7H2,1-4H3. The Kier molecular flexibility index (Phi) is 5.15. The predicted octanol–water partition coefficient (Wildman–Crippen LogP) is 4.28. The highest BCUT2D eigenvalue weighted by atomic mass is 35.5. The topological polar surface area (TPSA) is 32.3 Å². The summed E-state index contributed by atoms with van der Waals surface area (Å²) in [5, 5.41) is 4.25. The molecule has 1 N–H and O–H groups in total. The van der Waals surface area contributed by atoms with Gasteiger partial charge in [-0.1, -0.05) is 31.9 Å². The van der Waals surface area contributed by atoms with Crippen LogP contribution in [-0.4, -0.2) is 30.9 Å². The molecule has 0 bridgehead atoms. The van der Waals surface area contributed by atoms with E-state index in [2.05, 4.69) is 19.2 Å². The largest absolute Gasteiger partial charge is 0.381 e. The van der Waals surface area contributed by atoms with Crippen molar-refractivity contribution >= 4 is 23.2 Å². The van der Waals surface area contributed by atoms with E-state index >= 15 is 0 Å². The molecule has 0 aromatic heterocycles. The lowest BCUT2D eigenvalue weighted by atomic mass is 9.78. The van der Waals surface area contributed by atoms with Crippen molar-refractivity contribution in [1.29, 1.82) is 0 Å². The molecule has 0 heterocycles. The zero-order chi connectivity index (χ0) is 15.6. The molecule has 1 aliphatic rings. The molecule has 0 spiro atoms. The lowest BCUT2D eigenvalue weighted by molar-refractivity contribution is 0.0828. The lowest BCUT2D eigenvalue weighted by Gasteiger charge is -2.36. The zero-order valence-corrected chi connectivity index (χ0v) is 14.1. The van der Waals surface area contributed by atoms with Crippen molar-refractivity contribution in [2.75, 3.05) is 19.4 Å². The molecule has 21 heavy (non-hydrogen) atoms. The number of hydrogen-bond acceptors (Lipinski definition) is 2. The maximum atomic E-state index is 12.3. The third-order valence-corrected chi connectivity index (χ3v) is 4.72. The minimum Gasteiger partial charge on any atom is -0.381 e. The smallest absolute Gasteiger partial charge is 0.255 e. The van der Waals surface area contributed by atoms with E-state index in [1.165, 1.54) is 19.3 Å². The van der Waals surface area contributed by atoms with Crippen LogP contribution in [0.25, 0.3) is 0 Å². The van der Waals surface area contributed by atoms with Crippen LogP contribution in [0, 0.1) is 11.8 Å². The summed E-state index contributed by atoms with van der Waals surface area (Å²) < 4.78 is 0. The van der Waals surface area contributed by atoms with Gasteiger partial charge in [-0.3, -0.25) is 4.79 Å². The van der Waals surface area contributed by atoms with Gasteiger partial charge in [-0.2, -0.15) is 0 Å². The molecule has 2 rings (SSSR count). The summed E-state index contributed by atoms with van der Waals surface area (Å²) >= 11 is 6.13. The molecule has 1 aromatic carbocycles. The fraction of sp³-hybridized carbons (Fsp3) is 0.588. The van der Waals surface area contributed by atoms with Crippen LogP contribution < -0.4 is 5.32 Å². The van der Waals surface area contributed by atoms with Crippen LogP contribution in [0.2, 0.25) is 5.02 Å². The van der Waals surface area contributed by atoms with Crippen LogP contribution in [0.4, 0.5) is 5.69 Å². The van der Waals surface area contributed by atoms with Gasteiger partial charge < -0.3 is 10.2 Å². The van der Waals surface area contributed by atoms with Gasteiger partial charge in [0.05, 0.1) is 5.56 Å². The van der Waals surface area contributed by atoms with E-state index in [1.807, 2.05) is 12.1 Å². The van der Waals surface area contributed by atoms with Crippen LogP contribution in [0.15, 0.2) is 18.2 Å². The molecule has 2 unspecified atom stereocenters. The minimum atomic E-state index is 0.00489. The van der Waals surface area contributed by atoms with Gasteiger partial charge in [-0.05, 0) is 42.9 Å². The average molecular weight is 309 g/mol. The van der Waals surface area contributed by atoms with Crippen molar-refractivity contribution in [2.24, 2.45) is 11.8 Å². The highest BCUT2D eigenvalue weighted by Gasteiger charge is 2.28. The summed E-state index contributed by atoms with van der Waals surface area (Å²) in [7, 11) is 3.54. The first-order chi connectivity index (χ1) is 9.90. The quantitative estimate of drug-likeness (QED) is 0.904. The average Bonchev–Trinajstić information content (AvgIpc) is 2.42. The van der Waals surface area contributed by atoms with Crippen LogP contribution in [0.3, 0.4) is 0 Å². The molecule has 1 saturated carbocycles. The molecule has 116 valence electrons. The molecular weight excluding hydrogens is 284 g/mol. The summed E-state index contributed by atoms with van der Waals surface area (Å²) in [5.74, 6) is 1.22. The van der Waals surface area contributed by atoms with Gasteiger partial charge in [0.2, 0.25) is 0 Å². The normalized spacial score (nSPS) is 25.5. The second-order valence-corrected chi connectivity index (χ2v) is 6.88. The molecule has 0 saturated heterocycles. The number of nitrogens with zero attached hydrogens (tertiary/aromatic N) is 1. The number of benzene rings is 1. The second-order valence-electron chi connectivity index (χ2n) is 6.45. The van der Waals surface area contributed by atoms with Crippen molar-refractivity contribution in [3.8, 4) is 0 Å². The predicted molar refractivity (Wildman–Crippen MR) is 89.1 cm³/mol. The molecule has 3 nitrogen and oxygen atoms in total. The first kappa shape index (κ1) is 16.2. The molecule has 2 atom stereocenters. The van der Waals surface area contributed by atoms with Crippen molar-refractivity contribution in [1.82, 2.24) is 4.90 Å². The van der Waals surface area contributed by atoms with Gasteiger partial charge in [0, 0.05) is 30.8 Å². The monoisotopic (exact) mass is 308 g/mol. The van der Waals surface area contributed by atoms with Crippen LogP contribution in [0.1, 0.15) is 43.5 Å². The van der Waals surface area contributed by atoms with E-state index in [0.29, 0.717) is 28.5 Å². The summed E-state index contributed by atoms with van der Waals surface area (Å²) in [6.07, 6.45) is 3.76. The summed E-state index contributed by atoms with van der Waals surface area (Å²) in [5.41, 5.74) is 1.54. The van der Waals surface area contributed by atoms with Crippen LogP contribution in [-0.2, 0) is 0 Å². The van der Waals surface area contributed by atoms with E-state index in [-0.39, 0.29) is 5.91 Å². The Labute approximate surface area is 132 Å². The maximum Gasteiger partial charge on any atom is 0.255 e. The molecular formula is C17H25ClN2O. The number of carbonyl (C=O) groups excluding carboxylic acids is 1. The number of amides is 1. The Bertz CT molecular complexity index is 506. The molecule has 0 aliphatic heterocycles. The molecule has 1 amide bonds. The lowest BCUT2D eigenvalue weighted by Crippen LogP contribution is -2.37. The molecule has 1 fully saturated rings. The summed E-state index contributed by atoms with van der Waals surface area (Å²) in [6, 6.07) is 5.85. The third kappa shape index (κ3) is 3.70. The number of nitrogens with one attached hydrogen (secondary N) is 1. The Morgan fingerprint density at radius 1 is 1.24 bits per heavy atom. The first-order valence-electron chi connectivity index (χ1n) is 7.68. The summed E-state index contributed by atoms with van der Waals surface area (Å²) in [4.78, 5) is 13.9. The van der Waals surface area contributed by atoms with Gasteiger partial charge >= 0.3 is 0 Å². The molecule has 0 radical (unpaired) electrons. The van der Waals surface area contributed by atoms with E-state index in [1.54, 1.807) is 25.1 Å². The third-order valence-electron chi connectivity index (χ3n) is 4.49. The van der Waals surface area contributed by atoms with Gasteiger partial charge in [-0.25, -0.2) is 0 Å². The van der Waals surface area contributed by atoms with Crippen molar-refractivity contribution < 1.29 is 4.79 Å². The van der Waals surface area contributed by atoms with Gasteiger partial charge in [0.25, 0.3) is 5.91 Å². The Hall–Kier alpha value is -1.22. The van der Waals surface area contributed by atoms with E-state index < -0.39 is 0 Å². The van der Waals surface area contributed by atoms with Gasteiger partial charge in [0.1, 0.15) is 0 Å². The number of carbonyl (C=O) groups is 1.